The second kappa shape index (κ2) is 41.7. The third-order valence-electron chi connectivity index (χ3n) is 10.1. The number of nitrogens with zero attached hydrogens (tertiary/aromatic N) is 1. The summed E-state index contributed by atoms with van der Waals surface area (Å²) in [4.78, 5) is 35.4. The van der Waals surface area contributed by atoms with E-state index in [2.05, 4.69) is 32.1 Å². The Labute approximate surface area is 373 Å². The molecule has 0 rings (SSSR count). The molecule has 2 N–H and O–H groups in total. The van der Waals surface area contributed by atoms with Gasteiger partial charge in [-0.05, 0) is 70.6 Å². The first-order chi connectivity index (χ1) is 29.4. The zero-order valence-electron chi connectivity index (χ0n) is 39.5. The Kier molecular flexibility index (Phi) is 40.1. The van der Waals surface area contributed by atoms with Gasteiger partial charge in [-0.2, -0.15) is 0 Å². The van der Waals surface area contributed by atoms with Crippen LogP contribution in [0, 0.1) is 0 Å². The highest BCUT2D eigenvalue weighted by atomic mass is 31.2. The van der Waals surface area contributed by atoms with E-state index in [0.29, 0.717) is 30.3 Å². The van der Waals surface area contributed by atoms with E-state index in [4.69, 9.17) is 18.5 Å². The molecule has 0 saturated heterocycles. The van der Waals surface area contributed by atoms with Crippen molar-refractivity contribution in [2.45, 2.75) is 199 Å². The predicted octanol–water partition coefficient (Wildman–Crippen LogP) is 13.0. The van der Waals surface area contributed by atoms with Gasteiger partial charge in [-0.1, -0.05) is 164 Å². The van der Waals surface area contributed by atoms with Gasteiger partial charge in [0.25, 0.3) is 0 Å². The van der Waals surface area contributed by atoms with E-state index in [-0.39, 0.29) is 26.1 Å². The lowest BCUT2D eigenvalue weighted by atomic mass is 10.1. The molecule has 0 saturated carbocycles. The Bertz CT molecular complexity index is 1240. The van der Waals surface area contributed by atoms with Crippen molar-refractivity contribution in [3.05, 3.63) is 60.8 Å². The van der Waals surface area contributed by atoms with Crippen LogP contribution in [0.4, 0.5) is 0 Å². The second-order valence-corrected chi connectivity index (χ2v) is 18.8. The molecule has 0 aromatic heterocycles. The number of hydrogen-bond acceptors (Lipinski definition) is 8. The van der Waals surface area contributed by atoms with E-state index in [1.54, 1.807) is 6.08 Å². The van der Waals surface area contributed by atoms with Crippen molar-refractivity contribution in [2.75, 3.05) is 47.5 Å². The maximum Gasteiger partial charge on any atom is 0.472 e. The van der Waals surface area contributed by atoms with E-state index in [1.807, 2.05) is 57.6 Å². The van der Waals surface area contributed by atoms with Crippen molar-refractivity contribution in [3.63, 3.8) is 0 Å². The highest BCUT2D eigenvalue weighted by molar-refractivity contribution is 7.47. The number of rotatable bonds is 43. The SMILES string of the molecule is CCCCC/C=C\C[C@H](O)/C=C/C=C\C/C=C\CCCC(=O)O[C@H](COC(=O)CCCCCCCCCCC/C=C\CCCCCCCC)COP(=O)(O)OCC[N+](C)(C)C. The van der Waals surface area contributed by atoms with Crippen LogP contribution in [-0.4, -0.2) is 86.1 Å². The molecule has 61 heavy (non-hydrogen) atoms. The molecule has 10 nitrogen and oxygen atoms in total. The number of carbonyl (C=O) groups excluding carboxylic acids is 2. The van der Waals surface area contributed by atoms with Gasteiger partial charge in [0.05, 0.1) is 33.9 Å². The number of unbranched alkanes of at least 4 members (excludes halogenated alkanes) is 19. The molecule has 0 aliphatic rings. The van der Waals surface area contributed by atoms with Gasteiger partial charge in [-0.15, -0.1) is 0 Å². The lowest BCUT2D eigenvalue weighted by molar-refractivity contribution is -0.870. The molecule has 0 radical (unpaired) electrons. The highest BCUT2D eigenvalue weighted by Gasteiger charge is 2.27. The standard InChI is InChI=1S/C50H90NO9P/c1-6-8-10-12-14-15-16-17-18-19-20-21-22-23-24-25-29-33-37-41-49(53)57-45-48(46-59-61(55,56)58-44-43-51(3,4)5)60-50(54)42-38-34-30-27-26-28-32-36-40-47(52)39-35-31-13-11-9-7-2/h17-18,27-28,30-32,35-36,40,47-48,52H,6-16,19-26,29,33-34,37-39,41-46H2,1-5H3/p+1/b18-17-,30-27-,32-28-,35-31-,40-36+/t47-,48+/m0/s1. The summed E-state index contributed by atoms with van der Waals surface area (Å²) in [6, 6.07) is 0. The van der Waals surface area contributed by atoms with Gasteiger partial charge in [0.15, 0.2) is 6.10 Å². The quantitative estimate of drug-likeness (QED) is 0.0154. The highest BCUT2D eigenvalue weighted by Crippen LogP contribution is 2.43. The van der Waals surface area contributed by atoms with E-state index in [0.717, 1.165) is 38.5 Å². The minimum atomic E-state index is -4.41. The smallest absolute Gasteiger partial charge is 0.462 e. The van der Waals surface area contributed by atoms with Gasteiger partial charge in [0, 0.05) is 12.8 Å². The third kappa shape index (κ3) is 45.5. The van der Waals surface area contributed by atoms with E-state index >= 15 is 0 Å². The van der Waals surface area contributed by atoms with E-state index in [9.17, 15) is 24.2 Å². The average Bonchev–Trinajstić information content (AvgIpc) is 3.21. The first-order valence-corrected chi connectivity index (χ1v) is 25.6. The fourth-order valence-corrected chi connectivity index (χ4v) is 7.00. The maximum absolute atomic E-state index is 12.7. The van der Waals surface area contributed by atoms with E-state index in [1.165, 1.54) is 103 Å². The van der Waals surface area contributed by atoms with Gasteiger partial charge in [0.2, 0.25) is 0 Å². The van der Waals surface area contributed by atoms with Crippen LogP contribution in [0.1, 0.15) is 187 Å². The first kappa shape index (κ1) is 58.7. The summed E-state index contributed by atoms with van der Waals surface area (Å²) in [7, 11) is 1.40. The number of hydrogen-bond donors (Lipinski definition) is 2. The zero-order chi connectivity index (χ0) is 45.1. The van der Waals surface area contributed by atoms with Crippen LogP contribution in [-0.2, 0) is 32.7 Å². The van der Waals surface area contributed by atoms with Crippen molar-refractivity contribution in [1.82, 2.24) is 0 Å². The zero-order valence-corrected chi connectivity index (χ0v) is 40.4. The summed E-state index contributed by atoms with van der Waals surface area (Å²) in [5.41, 5.74) is 0. The molecule has 0 amide bonds. The third-order valence-corrected chi connectivity index (χ3v) is 11.1. The Morgan fingerprint density at radius 1 is 0.590 bits per heavy atom. The minimum absolute atomic E-state index is 0.00817. The fraction of sp³-hybridized carbons (Fsp3) is 0.760. The van der Waals surface area contributed by atoms with E-state index < -0.39 is 38.6 Å². The fourth-order valence-electron chi connectivity index (χ4n) is 6.26. The summed E-state index contributed by atoms with van der Waals surface area (Å²) < 4.78 is 34.3. The molecule has 354 valence electrons. The molecule has 0 spiro atoms. The van der Waals surface area contributed by atoms with Crippen molar-refractivity contribution < 1.29 is 47.2 Å². The summed E-state index contributed by atoms with van der Waals surface area (Å²) in [5.74, 6) is -0.906. The molecule has 0 aliphatic carbocycles. The number of ether oxygens (including phenoxy) is 2. The molecule has 0 fully saturated rings. The minimum Gasteiger partial charge on any atom is -0.462 e. The van der Waals surface area contributed by atoms with Crippen LogP contribution in [0.15, 0.2) is 60.8 Å². The Morgan fingerprint density at radius 2 is 1.10 bits per heavy atom. The van der Waals surface area contributed by atoms with Crippen LogP contribution >= 0.6 is 7.82 Å². The second-order valence-electron chi connectivity index (χ2n) is 17.3. The average molecular weight is 881 g/mol. The topological polar surface area (TPSA) is 129 Å². The van der Waals surface area contributed by atoms with Gasteiger partial charge in [-0.3, -0.25) is 18.6 Å². The first-order valence-electron chi connectivity index (χ1n) is 24.1. The molecule has 1 unspecified atom stereocenters. The number of aliphatic hydroxyl groups is 1. The predicted molar refractivity (Wildman–Crippen MR) is 253 cm³/mol. The molecular weight excluding hydrogens is 790 g/mol. The number of allylic oxidation sites excluding steroid dienone is 8. The molecule has 0 aliphatic heterocycles. The van der Waals surface area contributed by atoms with Crippen molar-refractivity contribution in [1.29, 1.82) is 0 Å². The summed E-state index contributed by atoms with van der Waals surface area (Å²) in [6.07, 6.45) is 47.3. The molecule has 0 aromatic carbocycles. The van der Waals surface area contributed by atoms with Crippen LogP contribution in [0.3, 0.4) is 0 Å². The monoisotopic (exact) mass is 881 g/mol. The summed E-state index contributed by atoms with van der Waals surface area (Å²) in [6.45, 7) is 4.23. The molecule has 0 bridgehead atoms. The maximum atomic E-state index is 12.7. The number of phosphoric ester groups is 1. The van der Waals surface area contributed by atoms with Gasteiger partial charge in [0.1, 0.15) is 19.8 Å². The van der Waals surface area contributed by atoms with Crippen LogP contribution in [0.25, 0.3) is 0 Å². The van der Waals surface area contributed by atoms with Crippen molar-refractivity contribution in [2.24, 2.45) is 0 Å². The number of esters is 2. The number of phosphoric acid groups is 1. The number of likely N-dealkylation sites (N-methyl/N-ethyl adjacent to an activating group) is 1. The lowest BCUT2D eigenvalue weighted by Crippen LogP contribution is -2.37. The normalized spacial score (nSPS) is 14.5. The molecule has 3 atom stereocenters. The Hall–Kier alpha value is -2.33. The van der Waals surface area contributed by atoms with Crippen LogP contribution in [0.2, 0.25) is 0 Å². The Balaban J connectivity index is 4.44. The summed E-state index contributed by atoms with van der Waals surface area (Å²) >= 11 is 0. The molecule has 0 heterocycles. The number of aliphatic hydroxyl groups excluding tert-OH is 1. The number of quaternary nitrogens is 1. The molecule has 0 aromatic rings. The lowest BCUT2D eigenvalue weighted by Gasteiger charge is -2.24. The molecule has 11 heteroatoms. The van der Waals surface area contributed by atoms with Crippen LogP contribution in [0.5, 0.6) is 0 Å². The van der Waals surface area contributed by atoms with Crippen LogP contribution < -0.4 is 0 Å². The van der Waals surface area contributed by atoms with Gasteiger partial charge in [-0.25, -0.2) is 4.57 Å². The van der Waals surface area contributed by atoms with Gasteiger partial charge >= 0.3 is 19.8 Å². The molecular formula is C50H91NO9P+. The van der Waals surface area contributed by atoms with Crippen molar-refractivity contribution in [3.8, 4) is 0 Å². The number of carbonyl (C=O) groups is 2. The largest absolute Gasteiger partial charge is 0.472 e. The Morgan fingerprint density at radius 3 is 1.72 bits per heavy atom. The summed E-state index contributed by atoms with van der Waals surface area (Å²) in [5, 5.41) is 10.1. The van der Waals surface area contributed by atoms with Gasteiger partial charge < -0.3 is 24.0 Å². The van der Waals surface area contributed by atoms with Crippen molar-refractivity contribution >= 4 is 19.8 Å².